The van der Waals surface area contributed by atoms with Gasteiger partial charge in [0.15, 0.2) is 5.75 Å². The molecule has 0 atom stereocenters. The number of carbonyl (C=O) groups is 3. The minimum absolute atomic E-state index is 0.185. The number of aryl methyl sites for hydroxylation is 1. The van der Waals surface area contributed by atoms with Crippen LogP contribution in [-0.4, -0.2) is 17.8 Å². The number of rotatable bonds is 6. The molecule has 1 saturated heterocycles. The first-order chi connectivity index (χ1) is 16.8. The lowest BCUT2D eigenvalue weighted by molar-refractivity contribution is -0.122. The molecule has 1 heterocycles. The van der Waals surface area contributed by atoms with Gasteiger partial charge in [-0.15, -0.1) is 0 Å². The van der Waals surface area contributed by atoms with Gasteiger partial charge in [-0.3, -0.25) is 14.9 Å². The Labute approximate surface area is 224 Å². The first-order valence-corrected chi connectivity index (χ1v) is 12.6. The van der Waals surface area contributed by atoms with E-state index in [4.69, 9.17) is 16.3 Å². The Bertz CT molecular complexity index is 1320. The highest BCUT2D eigenvalue weighted by Crippen LogP contribution is 2.36. The smallest absolute Gasteiger partial charge is 0.335 e. The number of anilines is 1. The van der Waals surface area contributed by atoms with Crippen molar-refractivity contribution in [3.8, 4) is 5.75 Å². The molecular weight excluding hydrogens is 600 g/mol. The van der Waals surface area contributed by atoms with E-state index in [9.17, 15) is 14.4 Å². The standard InChI is InChI=1S/C26H19Br2ClN2O4/c1-2-15-5-9-19(10-6-15)31-25(33)20(24(32)30-26(31)34)11-17-12-21(28)23(22(29)13-17)35-14-16-3-7-18(27)8-4-16/h3-13H,2,14H2,1H3,(H,30,32,34)/b20-11-. The Morgan fingerprint density at radius 1 is 0.971 bits per heavy atom. The number of amides is 4. The molecule has 0 aliphatic carbocycles. The van der Waals surface area contributed by atoms with E-state index in [1.54, 1.807) is 24.3 Å². The van der Waals surface area contributed by atoms with Crippen molar-refractivity contribution in [2.45, 2.75) is 20.0 Å². The van der Waals surface area contributed by atoms with Crippen LogP contribution in [0.3, 0.4) is 0 Å². The molecule has 0 aromatic heterocycles. The molecule has 1 aliphatic rings. The topological polar surface area (TPSA) is 75.7 Å². The van der Waals surface area contributed by atoms with E-state index in [1.165, 1.54) is 6.08 Å². The van der Waals surface area contributed by atoms with Gasteiger partial charge in [0, 0.05) is 4.47 Å². The van der Waals surface area contributed by atoms with E-state index >= 15 is 0 Å². The normalized spacial score (nSPS) is 14.9. The van der Waals surface area contributed by atoms with E-state index in [1.807, 2.05) is 43.3 Å². The summed E-state index contributed by atoms with van der Waals surface area (Å²) >= 11 is 13.3. The minimum atomic E-state index is -0.794. The first kappa shape index (κ1) is 25.2. The molecular formula is C26H19Br2ClN2O4. The molecule has 1 aliphatic heterocycles. The van der Waals surface area contributed by atoms with Crippen molar-refractivity contribution in [1.29, 1.82) is 0 Å². The van der Waals surface area contributed by atoms with Crippen LogP contribution in [0.5, 0.6) is 5.75 Å². The Kier molecular flexibility index (Phi) is 7.74. The van der Waals surface area contributed by atoms with Crippen molar-refractivity contribution in [2.24, 2.45) is 0 Å². The summed E-state index contributed by atoms with van der Waals surface area (Å²) in [6.07, 6.45) is 2.22. The summed E-state index contributed by atoms with van der Waals surface area (Å²) in [7, 11) is 0. The quantitative estimate of drug-likeness (QED) is 0.247. The highest BCUT2D eigenvalue weighted by molar-refractivity contribution is 9.10. The van der Waals surface area contributed by atoms with Crippen molar-refractivity contribution in [2.75, 3.05) is 4.90 Å². The number of carbonyl (C=O) groups excluding carboxylic acids is 3. The van der Waals surface area contributed by atoms with E-state index in [0.29, 0.717) is 33.1 Å². The van der Waals surface area contributed by atoms with Crippen LogP contribution in [0.25, 0.3) is 6.08 Å². The zero-order valence-corrected chi connectivity index (χ0v) is 22.4. The zero-order chi connectivity index (χ0) is 25.1. The minimum Gasteiger partial charge on any atom is -0.486 e. The summed E-state index contributed by atoms with van der Waals surface area (Å²) in [5, 5.41) is 2.53. The number of barbiturate groups is 1. The van der Waals surface area contributed by atoms with Crippen LogP contribution in [0.4, 0.5) is 10.5 Å². The van der Waals surface area contributed by atoms with Gasteiger partial charge in [0.1, 0.15) is 12.2 Å². The Hall–Kier alpha value is -2.94. The van der Waals surface area contributed by atoms with Gasteiger partial charge in [-0.2, -0.15) is 0 Å². The van der Waals surface area contributed by atoms with Crippen molar-refractivity contribution in [3.05, 3.63) is 96.9 Å². The maximum absolute atomic E-state index is 13.1. The molecule has 178 valence electrons. The molecule has 4 amide bonds. The number of nitrogens with one attached hydrogen (secondary N) is 1. The second kappa shape index (κ2) is 10.8. The molecule has 35 heavy (non-hydrogen) atoms. The van der Waals surface area contributed by atoms with Gasteiger partial charge >= 0.3 is 6.03 Å². The van der Waals surface area contributed by atoms with Gasteiger partial charge in [-0.25, -0.2) is 9.69 Å². The lowest BCUT2D eigenvalue weighted by Gasteiger charge is -2.26. The zero-order valence-electron chi connectivity index (χ0n) is 18.5. The van der Waals surface area contributed by atoms with Crippen LogP contribution in [0.15, 0.2) is 75.2 Å². The van der Waals surface area contributed by atoms with Gasteiger partial charge in [0.25, 0.3) is 11.8 Å². The molecule has 0 spiro atoms. The van der Waals surface area contributed by atoms with E-state index in [-0.39, 0.29) is 5.57 Å². The molecule has 1 fully saturated rings. The molecule has 0 radical (unpaired) electrons. The highest BCUT2D eigenvalue weighted by atomic mass is 79.9. The average molecular weight is 619 g/mol. The predicted molar refractivity (Wildman–Crippen MR) is 142 cm³/mol. The SMILES string of the molecule is CCc1ccc(N2C(=O)NC(=O)/C(=C/c3cc(Cl)c(OCc4ccc(Br)cc4)c(Br)c3)C2=O)cc1. The first-order valence-electron chi connectivity index (χ1n) is 10.6. The third-order valence-electron chi connectivity index (χ3n) is 5.33. The number of benzene rings is 3. The molecule has 3 aromatic rings. The van der Waals surface area contributed by atoms with Gasteiger partial charge in [0.2, 0.25) is 0 Å². The number of urea groups is 1. The van der Waals surface area contributed by atoms with Crippen LogP contribution in [0, 0.1) is 0 Å². The fraction of sp³-hybridized carbons (Fsp3) is 0.115. The van der Waals surface area contributed by atoms with Crippen molar-refractivity contribution < 1.29 is 19.1 Å². The fourth-order valence-corrected chi connectivity index (χ4v) is 4.73. The van der Waals surface area contributed by atoms with Crippen molar-refractivity contribution in [3.63, 3.8) is 0 Å². The predicted octanol–water partition coefficient (Wildman–Crippen LogP) is 6.67. The van der Waals surface area contributed by atoms with Crippen LogP contribution in [0.1, 0.15) is 23.6 Å². The Morgan fingerprint density at radius 3 is 2.26 bits per heavy atom. The molecule has 0 unspecified atom stereocenters. The molecule has 9 heteroatoms. The fourth-order valence-electron chi connectivity index (χ4n) is 3.48. The molecule has 0 saturated carbocycles. The molecule has 3 aromatic carbocycles. The molecule has 0 bridgehead atoms. The largest absolute Gasteiger partial charge is 0.486 e. The van der Waals surface area contributed by atoms with Crippen LogP contribution in [0.2, 0.25) is 5.02 Å². The second-order valence-electron chi connectivity index (χ2n) is 7.71. The maximum Gasteiger partial charge on any atom is 0.335 e. The Morgan fingerprint density at radius 2 is 1.63 bits per heavy atom. The van der Waals surface area contributed by atoms with Gasteiger partial charge in [-0.1, -0.05) is 58.7 Å². The Balaban J connectivity index is 1.59. The summed E-state index contributed by atoms with van der Waals surface area (Å²) < 4.78 is 7.40. The highest BCUT2D eigenvalue weighted by Gasteiger charge is 2.36. The summed E-state index contributed by atoms with van der Waals surface area (Å²) in [4.78, 5) is 39.0. The number of hydrogen-bond donors (Lipinski definition) is 1. The average Bonchev–Trinajstić information content (AvgIpc) is 2.82. The monoisotopic (exact) mass is 616 g/mol. The summed E-state index contributed by atoms with van der Waals surface area (Å²) in [6.45, 7) is 2.31. The second-order valence-corrected chi connectivity index (χ2v) is 9.88. The van der Waals surface area contributed by atoms with Crippen LogP contribution in [-0.2, 0) is 22.6 Å². The van der Waals surface area contributed by atoms with Gasteiger partial charge < -0.3 is 4.74 Å². The maximum atomic E-state index is 13.1. The number of imide groups is 2. The van der Waals surface area contributed by atoms with E-state index in [0.717, 1.165) is 26.9 Å². The molecule has 6 nitrogen and oxygen atoms in total. The summed E-state index contributed by atoms with van der Waals surface area (Å²) in [6, 6.07) is 17.2. The third kappa shape index (κ3) is 5.66. The summed E-state index contributed by atoms with van der Waals surface area (Å²) in [5.74, 6) is -1.06. The van der Waals surface area contributed by atoms with E-state index < -0.39 is 17.8 Å². The lowest BCUT2D eigenvalue weighted by Crippen LogP contribution is -2.54. The van der Waals surface area contributed by atoms with Crippen molar-refractivity contribution in [1.82, 2.24) is 5.32 Å². The number of halogens is 3. The van der Waals surface area contributed by atoms with Crippen LogP contribution < -0.4 is 15.0 Å². The molecule has 1 N–H and O–H groups in total. The van der Waals surface area contributed by atoms with Gasteiger partial charge in [-0.05, 0) is 81.5 Å². The number of ether oxygens (including phenoxy) is 1. The summed E-state index contributed by atoms with van der Waals surface area (Å²) in [5.41, 5.74) is 2.71. The van der Waals surface area contributed by atoms with Crippen LogP contribution >= 0.6 is 43.5 Å². The van der Waals surface area contributed by atoms with E-state index in [2.05, 4.69) is 37.2 Å². The lowest BCUT2D eigenvalue weighted by atomic mass is 10.1. The molecule has 4 rings (SSSR count). The number of nitrogens with zero attached hydrogens (tertiary/aromatic N) is 1. The third-order valence-corrected chi connectivity index (χ3v) is 6.73. The van der Waals surface area contributed by atoms with Gasteiger partial charge in [0.05, 0.1) is 15.2 Å². The number of hydrogen-bond acceptors (Lipinski definition) is 4. The van der Waals surface area contributed by atoms with Crippen molar-refractivity contribution >= 4 is 73.1 Å².